The van der Waals surface area contributed by atoms with Crippen molar-refractivity contribution in [3.63, 3.8) is 0 Å². The standard InChI is InChI=1S/C16H16Cl2N2O/c1-11(13-4-8-15(18)9-5-13)20-16(21)19-10-12-2-6-14(17)7-3-12/h2-9,11H,10H2,1H3,(H2,19,20,21). The number of halogens is 2. The lowest BCUT2D eigenvalue weighted by molar-refractivity contribution is 0.237. The number of nitrogens with one attached hydrogen (secondary N) is 2. The SMILES string of the molecule is CC(NC(=O)NCc1ccc(Cl)cc1)c1ccc(Cl)cc1. The molecule has 0 fully saturated rings. The smallest absolute Gasteiger partial charge is 0.315 e. The number of carbonyl (C=O) groups is 1. The Labute approximate surface area is 134 Å². The van der Waals surface area contributed by atoms with E-state index < -0.39 is 0 Å². The molecule has 1 atom stereocenters. The molecule has 0 aliphatic carbocycles. The molecule has 0 bridgehead atoms. The maximum Gasteiger partial charge on any atom is 0.315 e. The van der Waals surface area contributed by atoms with Crippen molar-refractivity contribution in [1.82, 2.24) is 10.6 Å². The minimum Gasteiger partial charge on any atom is -0.334 e. The molecule has 2 rings (SSSR count). The van der Waals surface area contributed by atoms with Crippen LogP contribution in [0.5, 0.6) is 0 Å². The first-order chi connectivity index (χ1) is 10.0. The molecule has 0 aliphatic rings. The number of urea groups is 1. The van der Waals surface area contributed by atoms with E-state index in [1.165, 1.54) is 0 Å². The Morgan fingerprint density at radius 2 is 1.52 bits per heavy atom. The lowest BCUT2D eigenvalue weighted by Gasteiger charge is -2.15. The molecule has 0 spiro atoms. The first-order valence-electron chi connectivity index (χ1n) is 6.59. The van der Waals surface area contributed by atoms with Gasteiger partial charge in [-0.05, 0) is 42.3 Å². The van der Waals surface area contributed by atoms with Crippen molar-refractivity contribution >= 4 is 29.2 Å². The summed E-state index contributed by atoms with van der Waals surface area (Å²) in [6, 6.07) is 14.5. The predicted octanol–water partition coefficient (Wildman–Crippen LogP) is 4.55. The van der Waals surface area contributed by atoms with Gasteiger partial charge in [0.15, 0.2) is 0 Å². The summed E-state index contributed by atoms with van der Waals surface area (Å²) in [5.74, 6) is 0. The molecular formula is C16H16Cl2N2O. The highest BCUT2D eigenvalue weighted by Crippen LogP contribution is 2.15. The van der Waals surface area contributed by atoms with E-state index >= 15 is 0 Å². The fourth-order valence-corrected chi connectivity index (χ4v) is 2.12. The van der Waals surface area contributed by atoms with Gasteiger partial charge in [-0.1, -0.05) is 47.5 Å². The third-order valence-electron chi connectivity index (χ3n) is 3.08. The average molecular weight is 323 g/mol. The summed E-state index contributed by atoms with van der Waals surface area (Å²) >= 11 is 11.7. The zero-order valence-corrected chi connectivity index (χ0v) is 13.1. The number of rotatable bonds is 4. The summed E-state index contributed by atoms with van der Waals surface area (Å²) in [5, 5.41) is 7.05. The van der Waals surface area contributed by atoms with Crippen molar-refractivity contribution in [2.75, 3.05) is 0 Å². The van der Waals surface area contributed by atoms with Crippen LogP contribution in [-0.4, -0.2) is 6.03 Å². The highest BCUT2D eigenvalue weighted by atomic mass is 35.5. The zero-order valence-electron chi connectivity index (χ0n) is 11.6. The molecule has 1 unspecified atom stereocenters. The lowest BCUT2D eigenvalue weighted by Crippen LogP contribution is -2.36. The van der Waals surface area contributed by atoms with Gasteiger partial charge in [0, 0.05) is 16.6 Å². The van der Waals surface area contributed by atoms with E-state index in [2.05, 4.69) is 10.6 Å². The minimum atomic E-state index is -0.215. The highest BCUT2D eigenvalue weighted by Gasteiger charge is 2.08. The zero-order chi connectivity index (χ0) is 15.2. The van der Waals surface area contributed by atoms with Crippen molar-refractivity contribution in [2.24, 2.45) is 0 Å². The average Bonchev–Trinajstić information content (AvgIpc) is 2.47. The van der Waals surface area contributed by atoms with Crippen LogP contribution in [0.1, 0.15) is 24.1 Å². The first kappa shape index (κ1) is 15.7. The van der Waals surface area contributed by atoms with Gasteiger partial charge in [-0.15, -0.1) is 0 Å². The number of carbonyl (C=O) groups excluding carboxylic acids is 1. The van der Waals surface area contributed by atoms with E-state index in [1.807, 2.05) is 31.2 Å². The maximum atomic E-state index is 11.9. The van der Waals surface area contributed by atoms with Crippen molar-refractivity contribution < 1.29 is 4.79 Å². The molecule has 3 nitrogen and oxygen atoms in total. The Balaban J connectivity index is 1.83. The largest absolute Gasteiger partial charge is 0.334 e. The van der Waals surface area contributed by atoms with Gasteiger partial charge in [0.05, 0.1) is 6.04 Å². The fourth-order valence-electron chi connectivity index (χ4n) is 1.87. The van der Waals surface area contributed by atoms with Crippen LogP contribution in [-0.2, 0) is 6.54 Å². The van der Waals surface area contributed by atoms with E-state index in [-0.39, 0.29) is 12.1 Å². The van der Waals surface area contributed by atoms with Crippen molar-refractivity contribution in [1.29, 1.82) is 0 Å². The van der Waals surface area contributed by atoms with Crippen LogP contribution in [0.2, 0.25) is 10.0 Å². The molecule has 0 aliphatic heterocycles. The molecule has 0 aromatic heterocycles. The van der Waals surface area contributed by atoms with Crippen LogP contribution in [0.25, 0.3) is 0 Å². The Morgan fingerprint density at radius 3 is 2.10 bits per heavy atom. The highest BCUT2D eigenvalue weighted by molar-refractivity contribution is 6.30. The van der Waals surface area contributed by atoms with Gasteiger partial charge >= 0.3 is 6.03 Å². The van der Waals surface area contributed by atoms with Crippen molar-refractivity contribution in [3.8, 4) is 0 Å². The summed E-state index contributed by atoms with van der Waals surface area (Å²) in [4.78, 5) is 11.9. The van der Waals surface area contributed by atoms with Gasteiger partial charge in [0.1, 0.15) is 0 Å². The second-order valence-corrected chi connectivity index (χ2v) is 5.60. The molecule has 0 saturated carbocycles. The van der Waals surface area contributed by atoms with Crippen LogP contribution in [0, 0.1) is 0 Å². The van der Waals surface area contributed by atoms with E-state index in [1.54, 1.807) is 24.3 Å². The van der Waals surface area contributed by atoms with Gasteiger partial charge in [0.2, 0.25) is 0 Å². The maximum absolute atomic E-state index is 11.9. The van der Waals surface area contributed by atoms with Crippen LogP contribution < -0.4 is 10.6 Å². The molecule has 0 heterocycles. The normalized spacial score (nSPS) is 11.8. The van der Waals surface area contributed by atoms with E-state index in [0.29, 0.717) is 16.6 Å². The van der Waals surface area contributed by atoms with E-state index in [4.69, 9.17) is 23.2 Å². The minimum absolute atomic E-state index is 0.0903. The van der Waals surface area contributed by atoms with Gasteiger partial charge in [-0.3, -0.25) is 0 Å². The molecule has 2 aromatic carbocycles. The summed E-state index contributed by atoms with van der Waals surface area (Å²) in [5.41, 5.74) is 2.00. The number of hydrogen-bond acceptors (Lipinski definition) is 1. The second kappa shape index (κ2) is 7.34. The third kappa shape index (κ3) is 4.96. The topological polar surface area (TPSA) is 41.1 Å². The van der Waals surface area contributed by atoms with Gasteiger partial charge in [-0.2, -0.15) is 0 Å². The van der Waals surface area contributed by atoms with Gasteiger partial charge in [-0.25, -0.2) is 4.79 Å². The molecule has 0 saturated heterocycles. The van der Waals surface area contributed by atoms with Crippen molar-refractivity contribution in [3.05, 3.63) is 69.7 Å². The van der Waals surface area contributed by atoms with Gasteiger partial charge in [0.25, 0.3) is 0 Å². The Hall–Kier alpha value is -1.71. The van der Waals surface area contributed by atoms with Gasteiger partial charge < -0.3 is 10.6 Å². The third-order valence-corrected chi connectivity index (χ3v) is 3.59. The summed E-state index contributed by atoms with van der Waals surface area (Å²) in [6.45, 7) is 2.38. The first-order valence-corrected chi connectivity index (χ1v) is 7.34. The molecule has 21 heavy (non-hydrogen) atoms. The quantitative estimate of drug-likeness (QED) is 0.851. The summed E-state index contributed by atoms with van der Waals surface area (Å²) < 4.78 is 0. The number of hydrogen-bond donors (Lipinski definition) is 2. The van der Waals surface area contributed by atoms with Crippen LogP contribution in [0.3, 0.4) is 0 Å². The molecule has 2 aromatic rings. The second-order valence-electron chi connectivity index (χ2n) is 4.73. The van der Waals surface area contributed by atoms with Crippen LogP contribution in [0.4, 0.5) is 4.79 Å². The van der Waals surface area contributed by atoms with E-state index in [9.17, 15) is 4.79 Å². The molecule has 0 radical (unpaired) electrons. The Morgan fingerprint density at radius 1 is 1.00 bits per heavy atom. The Kier molecular flexibility index (Phi) is 5.48. The van der Waals surface area contributed by atoms with Crippen LogP contribution >= 0.6 is 23.2 Å². The summed E-state index contributed by atoms with van der Waals surface area (Å²) in [7, 11) is 0. The summed E-state index contributed by atoms with van der Waals surface area (Å²) in [6.07, 6.45) is 0. The molecular weight excluding hydrogens is 307 g/mol. The van der Waals surface area contributed by atoms with E-state index in [0.717, 1.165) is 11.1 Å². The van der Waals surface area contributed by atoms with Crippen molar-refractivity contribution in [2.45, 2.75) is 19.5 Å². The lowest BCUT2D eigenvalue weighted by atomic mass is 10.1. The fraction of sp³-hybridized carbons (Fsp3) is 0.188. The molecule has 110 valence electrons. The molecule has 5 heteroatoms. The number of amides is 2. The molecule has 2 amide bonds. The molecule has 2 N–H and O–H groups in total. The predicted molar refractivity (Wildman–Crippen MR) is 86.7 cm³/mol. The van der Waals surface area contributed by atoms with Crippen LogP contribution in [0.15, 0.2) is 48.5 Å². The monoisotopic (exact) mass is 322 g/mol. The number of benzene rings is 2. The Bertz CT molecular complexity index is 597.